The molecule has 1 aromatic rings. The second-order valence-electron chi connectivity index (χ2n) is 2.75. The van der Waals surface area contributed by atoms with Crippen LogP contribution >= 0.6 is 24.0 Å². The first kappa shape index (κ1) is 10.6. The maximum absolute atomic E-state index is 11.3. The average molecular weight is 219 g/mol. The summed E-state index contributed by atoms with van der Waals surface area (Å²) in [5.41, 5.74) is -0.147. The van der Waals surface area contributed by atoms with Gasteiger partial charge in [0.25, 0.3) is 0 Å². The first-order chi connectivity index (χ1) is 6.20. The number of aromatic amines is 2. The molecule has 0 radical (unpaired) electrons. The standard InChI is InChI=1S/C7H13N3OS2/c1-3-5(4-13-2)10-6(11)8-9-7(10)12/h5H,3-4H2,1-2H3,(H,8,11)(H,9,12). The van der Waals surface area contributed by atoms with Crippen LogP contribution in [0.25, 0.3) is 0 Å². The molecule has 74 valence electrons. The van der Waals surface area contributed by atoms with E-state index in [-0.39, 0.29) is 11.7 Å². The van der Waals surface area contributed by atoms with Gasteiger partial charge < -0.3 is 0 Å². The number of thioether (sulfide) groups is 1. The molecule has 0 amide bonds. The summed E-state index contributed by atoms with van der Waals surface area (Å²) in [5, 5.41) is 5.12. The molecule has 0 aliphatic carbocycles. The number of rotatable bonds is 4. The molecule has 6 heteroatoms. The van der Waals surface area contributed by atoms with Gasteiger partial charge in [-0.3, -0.25) is 9.67 Å². The van der Waals surface area contributed by atoms with Crippen LogP contribution in [0.1, 0.15) is 19.4 Å². The highest BCUT2D eigenvalue weighted by Gasteiger charge is 2.11. The highest BCUT2D eigenvalue weighted by molar-refractivity contribution is 7.98. The van der Waals surface area contributed by atoms with Crippen molar-refractivity contribution in [3.63, 3.8) is 0 Å². The maximum atomic E-state index is 11.3. The Morgan fingerprint density at radius 2 is 2.31 bits per heavy atom. The van der Waals surface area contributed by atoms with Crippen molar-refractivity contribution in [2.24, 2.45) is 0 Å². The van der Waals surface area contributed by atoms with Crippen molar-refractivity contribution >= 4 is 24.0 Å². The first-order valence-electron chi connectivity index (χ1n) is 4.08. The fraction of sp³-hybridized carbons (Fsp3) is 0.714. The van der Waals surface area contributed by atoms with Gasteiger partial charge >= 0.3 is 5.69 Å². The number of aromatic nitrogens is 3. The molecule has 0 saturated carbocycles. The Kier molecular flexibility index (Phi) is 3.80. The highest BCUT2D eigenvalue weighted by Crippen LogP contribution is 2.13. The lowest BCUT2D eigenvalue weighted by atomic mass is 10.2. The predicted octanol–water partition coefficient (Wildman–Crippen LogP) is 1.55. The minimum atomic E-state index is -0.147. The second-order valence-corrected chi connectivity index (χ2v) is 4.05. The van der Waals surface area contributed by atoms with E-state index in [1.807, 2.05) is 6.26 Å². The van der Waals surface area contributed by atoms with Gasteiger partial charge in [0.2, 0.25) is 0 Å². The van der Waals surface area contributed by atoms with Crippen molar-refractivity contribution in [1.29, 1.82) is 0 Å². The lowest BCUT2D eigenvalue weighted by Crippen LogP contribution is -2.23. The summed E-state index contributed by atoms with van der Waals surface area (Å²) in [5.74, 6) is 0.908. The van der Waals surface area contributed by atoms with E-state index in [1.165, 1.54) is 0 Å². The van der Waals surface area contributed by atoms with Crippen molar-refractivity contribution in [2.75, 3.05) is 12.0 Å². The van der Waals surface area contributed by atoms with Gasteiger partial charge in [-0.05, 0) is 24.9 Å². The molecule has 1 atom stereocenters. The topological polar surface area (TPSA) is 53.6 Å². The van der Waals surface area contributed by atoms with Gasteiger partial charge in [0.05, 0.1) is 0 Å². The van der Waals surface area contributed by atoms with E-state index in [2.05, 4.69) is 17.1 Å². The van der Waals surface area contributed by atoms with E-state index in [4.69, 9.17) is 12.2 Å². The summed E-state index contributed by atoms with van der Waals surface area (Å²) < 4.78 is 2.08. The van der Waals surface area contributed by atoms with Crippen LogP contribution in [-0.2, 0) is 0 Å². The minimum Gasteiger partial charge on any atom is -0.272 e. The van der Waals surface area contributed by atoms with Crippen LogP contribution in [0, 0.1) is 4.77 Å². The van der Waals surface area contributed by atoms with Gasteiger partial charge in [0.1, 0.15) is 0 Å². The fourth-order valence-corrected chi connectivity index (χ4v) is 2.27. The summed E-state index contributed by atoms with van der Waals surface area (Å²) in [7, 11) is 0. The fourth-order valence-electron chi connectivity index (χ4n) is 1.22. The third kappa shape index (κ3) is 2.25. The lowest BCUT2D eigenvalue weighted by Gasteiger charge is -2.12. The third-order valence-electron chi connectivity index (χ3n) is 1.91. The van der Waals surface area contributed by atoms with Gasteiger partial charge in [-0.1, -0.05) is 6.92 Å². The molecule has 13 heavy (non-hydrogen) atoms. The quantitative estimate of drug-likeness (QED) is 0.755. The van der Waals surface area contributed by atoms with Crippen LogP contribution in [0.3, 0.4) is 0 Å². The molecule has 0 saturated heterocycles. The molecule has 1 heterocycles. The van der Waals surface area contributed by atoms with Crippen molar-refractivity contribution in [3.8, 4) is 0 Å². The van der Waals surface area contributed by atoms with Gasteiger partial charge in [-0.2, -0.15) is 11.8 Å². The van der Waals surface area contributed by atoms with Crippen molar-refractivity contribution in [3.05, 3.63) is 15.3 Å². The first-order valence-corrected chi connectivity index (χ1v) is 5.89. The predicted molar refractivity (Wildman–Crippen MR) is 57.9 cm³/mol. The molecule has 0 spiro atoms. The zero-order valence-corrected chi connectivity index (χ0v) is 9.30. The van der Waals surface area contributed by atoms with E-state index in [9.17, 15) is 4.79 Å². The summed E-state index contributed by atoms with van der Waals surface area (Å²) >= 11 is 6.71. The van der Waals surface area contributed by atoms with Gasteiger partial charge in [-0.25, -0.2) is 9.89 Å². The largest absolute Gasteiger partial charge is 0.342 e. The van der Waals surface area contributed by atoms with Crippen molar-refractivity contribution < 1.29 is 0 Å². The van der Waals surface area contributed by atoms with Crippen molar-refractivity contribution in [1.82, 2.24) is 14.8 Å². The van der Waals surface area contributed by atoms with Crippen LogP contribution in [0.5, 0.6) is 0 Å². The lowest BCUT2D eigenvalue weighted by molar-refractivity contribution is 0.518. The Hall–Kier alpha value is -0.490. The van der Waals surface area contributed by atoms with Crippen LogP contribution in [0.4, 0.5) is 0 Å². The minimum absolute atomic E-state index is 0.147. The zero-order chi connectivity index (χ0) is 9.84. The van der Waals surface area contributed by atoms with E-state index in [0.29, 0.717) is 4.77 Å². The maximum Gasteiger partial charge on any atom is 0.342 e. The zero-order valence-electron chi connectivity index (χ0n) is 7.66. The Morgan fingerprint density at radius 1 is 1.62 bits per heavy atom. The van der Waals surface area contributed by atoms with E-state index in [0.717, 1.165) is 12.2 Å². The number of nitrogens with one attached hydrogen (secondary N) is 2. The molecule has 2 N–H and O–H groups in total. The summed E-state index contributed by atoms with van der Waals surface area (Å²) in [6.45, 7) is 2.05. The second kappa shape index (κ2) is 4.66. The molecule has 0 bridgehead atoms. The number of H-pyrrole nitrogens is 2. The summed E-state index contributed by atoms with van der Waals surface area (Å²) in [6.07, 6.45) is 2.93. The monoisotopic (exact) mass is 219 g/mol. The number of hydrogen-bond donors (Lipinski definition) is 2. The van der Waals surface area contributed by atoms with E-state index >= 15 is 0 Å². The Bertz CT molecular complexity index is 337. The smallest absolute Gasteiger partial charge is 0.272 e. The van der Waals surface area contributed by atoms with E-state index < -0.39 is 0 Å². The molecule has 0 aliphatic heterocycles. The van der Waals surface area contributed by atoms with Crippen molar-refractivity contribution in [2.45, 2.75) is 19.4 Å². The van der Waals surface area contributed by atoms with E-state index in [1.54, 1.807) is 16.3 Å². The van der Waals surface area contributed by atoms with Gasteiger partial charge in [0.15, 0.2) is 4.77 Å². The summed E-state index contributed by atoms with van der Waals surface area (Å²) in [4.78, 5) is 11.3. The molecule has 4 nitrogen and oxygen atoms in total. The van der Waals surface area contributed by atoms with Crippen LogP contribution in [0.2, 0.25) is 0 Å². The molecule has 0 aliphatic rings. The number of hydrogen-bond acceptors (Lipinski definition) is 3. The van der Waals surface area contributed by atoms with Gasteiger partial charge in [0, 0.05) is 11.8 Å². The van der Waals surface area contributed by atoms with Crippen LogP contribution in [-0.4, -0.2) is 26.8 Å². The summed E-state index contributed by atoms with van der Waals surface area (Å²) in [6, 6.07) is 0.192. The molecular weight excluding hydrogens is 206 g/mol. The molecule has 0 aromatic carbocycles. The molecule has 1 aromatic heterocycles. The third-order valence-corrected chi connectivity index (χ3v) is 2.93. The number of nitrogens with zero attached hydrogens (tertiary/aromatic N) is 1. The molecule has 0 fully saturated rings. The normalized spacial score (nSPS) is 13.1. The Labute approximate surface area is 85.7 Å². The highest BCUT2D eigenvalue weighted by atomic mass is 32.2. The molecule has 1 unspecified atom stereocenters. The Balaban J connectivity index is 3.03. The Morgan fingerprint density at radius 3 is 2.69 bits per heavy atom. The molecule has 1 rings (SSSR count). The molecular formula is C7H13N3OS2. The SMILES string of the molecule is CCC(CSC)n1c(=O)[nH][nH]c1=S. The van der Waals surface area contributed by atoms with Crippen LogP contribution < -0.4 is 5.69 Å². The van der Waals surface area contributed by atoms with Crippen LogP contribution in [0.15, 0.2) is 4.79 Å². The van der Waals surface area contributed by atoms with Gasteiger partial charge in [-0.15, -0.1) is 0 Å². The average Bonchev–Trinajstić information content (AvgIpc) is 2.43.